The van der Waals surface area contributed by atoms with E-state index in [0.717, 1.165) is 43.4 Å². The van der Waals surface area contributed by atoms with Crippen molar-refractivity contribution >= 4 is 14.1 Å². The first kappa shape index (κ1) is 42.3. The molecule has 0 aliphatic rings. The van der Waals surface area contributed by atoms with E-state index in [2.05, 4.69) is 84.1 Å². The summed E-state index contributed by atoms with van der Waals surface area (Å²) in [4.78, 5) is 13.0. The van der Waals surface area contributed by atoms with Crippen LogP contribution in [0.15, 0.2) is 115 Å². The smallest absolute Gasteiger partial charge is 0.191 e. The molecule has 0 fully saturated rings. The summed E-state index contributed by atoms with van der Waals surface area (Å²) in [6, 6.07) is 30.8. The molecule has 0 radical (unpaired) electrons. The van der Waals surface area contributed by atoms with Gasteiger partial charge < -0.3 is 18.6 Å². The van der Waals surface area contributed by atoms with Gasteiger partial charge in [0.1, 0.15) is 0 Å². The second-order valence-electron chi connectivity index (χ2n) is 15.4. The van der Waals surface area contributed by atoms with Crippen LogP contribution in [0.2, 0.25) is 18.1 Å². The quantitative estimate of drug-likeness (QED) is 0.0526. The van der Waals surface area contributed by atoms with E-state index in [1.807, 2.05) is 66.7 Å². The zero-order valence-corrected chi connectivity index (χ0v) is 33.4. The topological polar surface area (TPSA) is 54.0 Å². The Morgan fingerprint density at radius 2 is 1.27 bits per heavy atom. The van der Waals surface area contributed by atoms with E-state index in [4.69, 9.17) is 18.6 Å². The molecule has 3 aromatic carbocycles. The van der Waals surface area contributed by atoms with Gasteiger partial charge in [0.2, 0.25) is 0 Å². The fourth-order valence-corrected chi connectivity index (χ4v) is 6.52. The molecule has 0 saturated carbocycles. The fraction of sp³-hybridized carbons (Fsp3) is 0.489. The molecule has 6 heteroatoms. The van der Waals surface area contributed by atoms with Gasteiger partial charge in [-0.15, -0.1) is 0 Å². The lowest BCUT2D eigenvalue weighted by Gasteiger charge is -2.36. The predicted octanol–water partition coefficient (Wildman–Crippen LogP) is 11.3. The number of ketones is 1. The lowest BCUT2D eigenvalue weighted by atomic mass is 9.99. The Kier molecular flexibility index (Phi) is 18.8. The second-order valence-corrected chi connectivity index (χ2v) is 20.3. The van der Waals surface area contributed by atoms with E-state index in [9.17, 15) is 4.79 Å². The van der Waals surface area contributed by atoms with Crippen molar-refractivity contribution in [2.24, 2.45) is 11.8 Å². The van der Waals surface area contributed by atoms with E-state index in [1.54, 1.807) is 12.2 Å². The van der Waals surface area contributed by atoms with Crippen molar-refractivity contribution in [3.8, 4) is 0 Å². The molecule has 0 aromatic heterocycles. The maximum atomic E-state index is 13.0. The summed E-state index contributed by atoms with van der Waals surface area (Å²) in [5, 5.41) is 0.185. The molecule has 0 heterocycles. The van der Waals surface area contributed by atoms with Crippen molar-refractivity contribution in [1.82, 2.24) is 0 Å². The van der Waals surface area contributed by atoms with Crippen molar-refractivity contribution in [2.45, 2.75) is 117 Å². The van der Waals surface area contributed by atoms with Crippen LogP contribution in [0, 0.1) is 11.8 Å². The van der Waals surface area contributed by atoms with Gasteiger partial charge in [-0.3, -0.25) is 4.79 Å². The van der Waals surface area contributed by atoms with Gasteiger partial charge in [0.15, 0.2) is 14.1 Å². The van der Waals surface area contributed by atoms with E-state index >= 15 is 0 Å². The molecule has 5 nitrogen and oxygen atoms in total. The average Bonchev–Trinajstić information content (AvgIpc) is 3.12. The third kappa shape index (κ3) is 17.3. The zero-order chi connectivity index (χ0) is 37.0. The largest absolute Gasteiger partial charge is 0.417 e. The van der Waals surface area contributed by atoms with Crippen molar-refractivity contribution in [3.63, 3.8) is 0 Å². The van der Waals surface area contributed by atoms with Gasteiger partial charge >= 0.3 is 0 Å². The summed E-state index contributed by atoms with van der Waals surface area (Å²) in [6.45, 7) is 18.9. The first-order valence-electron chi connectivity index (χ1n) is 18.9. The van der Waals surface area contributed by atoms with E-state index in [-0.39, 0.29) is 28.9 Å². The standard InChI is InChI=1S/C45H64O5Si/c1-37(33-47-34-39-19-11-8-12-20-39)28-31-43(48-35-40-21-13-9-14-22-40)26-17-25-42(46)30-29-38(2)44(49-36-41-23-15-10-16-24-41)27-18-32-50-51(6,7)45(3,4)5/h8-17,19-25,29-30,37-38,43-44H,18,26-28,31-36H2,1-7H3/b25-17+,30-29+/t37-,38-,43-,44+/m0/s1. The molecule has 0 bridgehead atoms. The van der Waals surface area contributed by atoms with E-state index < -0.39 is 8.32 Å². The van der Waals surface area contributed by atoms with Gasteiger partial charge in [-0.2, -0.15) is 0 Å². The number of ether oxygens (including phenoxy) is 3. The lowest BCUT2D eigenvalue weighted by Crippen LogP contribution is -2.41. The average molecular weight is 713 g/mol. The number of rotatable bonds is 24. The predicted molar refractivity (Wildman–Crippen MR) is 214 cm³/mol. The molecule has 3 aromatic rings. The maximum absolute atomic E-state index is 13.0. The van der Waals surface area contributed by atoms with Gasteiger partial charge in [-0.05, 0) is 85.0 Å². The van der Waals surface area contributed by atoms with Crippen LogP contribution in [0.3, 0.4) is 0 Å². The molecule has 0 aliphatic carbocycles. The first-order valence-corrected chi connectivity index (χ1v) is 21.8. The monoisotopic (exact) mass is 712 g/mol. The minimum atomic E-state index is -1.80. The molecular weight excluding hydrogens is 649 g/mol. The molecule has 0 unspecified atom stereocenters. The Balaban J connectivity index is 1.53. The minimum Gasteiger partial charge on any atom is -0.417 e. The van der Waals surface area contributed by atoms with E-state index in [1.165, 1.54) is 5.56 Å². The van der Waals surface area contributed by atoms with Gasteiger partial charge in [0, 0.05) is 19.1 Å². The summed E-state index contributed by atoms with van der Waals surface area (Å²) < 4.78 is 25.2. The number of hydrogen-bond donors (Lipinski definition) is 0. The van der Waals surface area contributed by atoms with Crippen molar-refractivity contribution in [1.29, 1.82) is 0 Å². The number of benzene rings is 3. The Morgan fingerprint density at radius 3 is 1.84 bits per heavy atom. The summed E-state index contributed by atoms with van der Waals surface area (Å²) >= 11 is 0. The highest BCUT2D eigenvalue weighted by Gasteiger charge is 2.36. The fourth-order valence-electron chi connectivity index (χ4n) is 5.43. The van der Waals surface area contributed by atoms with Crippen LogP contribution in [0.1, 0.15) is 83.4 Å². The van der Waals surface area contributed by atoms with Crippen LogP contribution in [0.25, 0.3) is 0 Å². The Labute approximate surface area is 310 Å². The summed E-state index contributed by atoms with van der Waals surface area (Å²) in [6.07, 6.45) is 11.7. The van der Waals surface area contributed by atoms with Crippen LogP contribution in [-0.4, -0.2) is 39.5 Å². The zero-order valence-electron chi connectivity index (χ0n) is 32.4. The molecule has 0 N–H and O–H groups in total. The van der Waals surface area contributed by atoms with Gasteiger partial charge in [-0.1, -0.05) is 138 Å². The summed E-state index contributed by atoms with van der Waals surface area (Å²) in [5.41, 5.74) is 3.48. The number of hydrogen-bond acceptors (Lipinski definition) is 5. The third-order valence-electron chi connectivity index (χ3n) is 9.86. The van der Waals surface area contributed by atoms with Crippen molar-refractivity contribution < 1.29 is 23.4 Å². The van der Waals surface area contributed by atoms with Crippen LogP contribution < -0.4 is 0 Å². The molecule has 0 aliphatic heterocycles. The number of carbonyl (C=O) groups excluding carboxylic acids is 1. The second kappa shape index (κ2) is 22.7. The molecule has 3 rings (SSSR count). The Hall–Kier alpha value is -3.13. The molecule has 51 heavy (non-hydrogen) atoms. The Morgan fingerprint density at radius 1 is 0.725 bits per heavy atom. The Bertz CT molecular complexity index is 1420. The highest BCUT2D eigenvalue weighted by Crippen LogP contribution is 2.36. The normalized spacial score (nSPS) is 14.9. The van der Waals surface area contributed by atoms with Crippen LogP contribution in [0.4, 0.5) is 0 Å². The van der Waals surface area contributed by atoms with Gasteiger partial charge in [0.05, 0.1) is 32.0 Å². The third-order valence-corrected chi connectivity index (χ3v) is 14.4. The molecular formula is C45H64O5Si. The first-order chi connectivity index (χ1) is 24.4. The van der Waals surface area contributed by atoms with Crippen molar-refractivity contribution in [3.05, 3.63) is 132 Å². The summed E-state index contributed by atoms with van der Waals surface area (Å²) in [5.74, 6) is 0.461. The van der Waals surface area contributed by atoms with E-state index in [0.29, 0.717) is 38.8 Å². The summed E-state index contributed by atoms with van der Waals surface area (Å²) in [7, 11) is -1.80. The highest BCUT2D eigenvalue weighted by atomic mass is 28.4. The minimum absolute atomic E-state index is 0.0121. The molecule has 4 atom stereocenters. The van der Waals surface area contributed by atoms with Crippen LogP contribution in [0.5, 0.6) is 0 Å². The highest BCUT2D eigenvalue weighted by molar-refractivity contribution is 6.74. The molecule has 0 spiro atoms. The molecule has 0 amide bonds. The van der Waals surface area contributed by atoms with Gasteiger partial charge in [-0.25, -0.2) is 0 Å². The van der Waals surface area contributed by atoms with Crippen LogP contribution >= 0.6 is 0 Å². The number of carbonyl (C=O) groups is 1. The lowest BCUT2D eigenvalue weighted by molar-refractivity contribution is -0.110. The maximum Gasteiger partial charge on any atom is 0.191 e. The molecule has 0 saturated heterocycles. The molecule has 278 valence electrons. The SMILES string of the molecule is C[C@@H](CC[C@H](C/C=C/C(=O)/C=C/[C@H](C)[C@@H](CCCO[Si](C)(C)C(C)(C)C)OCc1ccccc1)OCc1ccccc1)COCc1ccccc1. The van der Waals surface area contributed by atoms with Crippen molar-refractivity contribution in [2.75, 3.05) is 13.2 Å². The number of allylic oxidation sites excluding steroid dienone is 2. The van der Waals surface area contributed by atoms with Crippen LogP contribution in [-0.2, 0) is 43.3 Å². The van der Waals surface area contributed by atoms with Gasteiger partial charge in [0.25, 0.3) is 0 Å².